The summed E-state index contributed by atoms with van der Waals surface area (Å²) in [6.07, 6.45) is -4.71. The Bertz CT molecular complexity index is 629. The Morgan fingerprint density at radius 2 is 1.75 bits per heavy atom. The normalized spacial score (nSPS) is 12.6. The summed E-state index contributed by atoms with van der Waals surface area (Å²) in [5.41, 5.74) is -1.73. The molecule has 0 heterocycles. The maximum absolute atomic E-state index is 12.8. The quantitative estimate of drug-likeness (QED) is 0.730. The van der Waals surface area contributed by atoms with Crippen molar-refractivity contribution in [2.75, 3.05) is 6.54 Å². The molecule has 1 aromatic rings. The van der Waals surface area contributed by atoms with Crippen molar-refractivity contribution in [3.05, 3.63) is 35.4 Å². The molecule has 24 heavy (non-hydrogen) atoms. The first kappa shape index (κ1) is 19.5. The number of benzene rings is 1. The van der Waals surface area contributed by atoms with Crippen LogP contribution in [0.2, 0.25) is 0 Å². The van der Waals surface area contributed by atoms with E-state index in [-0.39, 0.29) is 0 Å². The number of rotatable bonds is 6. The van der Waals surface area contributed by atoms with Gasteiger partial charge >= 0.3 is 12.1 Å². The van der Waals surface area contributed by atoms with Crippen molar-refractivity contribution in [2.45, 2.75) is 26.1 Å². The summed E-state index contributed by atoms with van der Waals surface area (Å²) in [6, 6.07) is 3.01. The van der Waals surface area contributed by atoms with E-state index in [0.717, 1.165) is 18.2 Å². The van der Waals surface area contributed by atoms with Gasteiger partial charge in [0.1, 0.15) is 6.04 Å². The highest BCUT2D eigenvalue weighted by Gasteiger charge is 2.34. The highest BCUT2D eigenvalue weighted by atomic mass is 19.4. The van der Waals surface area contributed by atoms with Crippen molar-refractivity contribution in [3.63, 3.8) is 0 Å². The van der Waals surface area contributed by atoms with E-state index in [4.69, 9.17) is 5.11 Å². The fourth-order valence-corrected chi connectivity index (χ4v) is 1.92. The molecule has 0 aliphatic rings. The molecule has 0 aromatic heterocycles. The lowest BCUT2D eigenvalue weighted by Gasteiger charge is -2.18. The summed E-state index contributed by atoms with van der Waals surface area (Å²) in [5.74, 6) is -3.52. The van der Waals surface area contributed by atoms with E-state index in [1.54, 1.807) is 13.8 Å². The molecular weight excluding hydrogens is 329 g/mol. The highest BCUT2D eigenvalue weighted by molar-refractivity contribution is 5.98. The van der Waals surface area contributed by atoms with Crippen LogP contribution in [-0.4, -0.2) is 35.5 Å². The number of amides is 2. The monoisotopic (exact) mass is 346 g/mol. The van der Waals surface area contributed by atoms with E-state index in [1.807, 2.05) is 0 Å². The van der Waals surface area contributed by atoms with Crippen LogP contribution in [0.15, 0.2) is 24.3 Å². The van der Waals surface area contributed by atoms with Gasteiger partial charge in [0.15, 0.2) is 0 Å². The number of carboxylic acids is 1. The smallest absolute Gasteiger partial charge is 0.417 e. The minimum absolute atomic E-state index is 0.395. The second-order valence-electron chi connectivity index (χ2n) is 5.35. The molecule has 0 saturated heterocycles. The number of nitrogens with one attached hydrogen (secondary N) is 2. The molecule has 3 N–H and O–H groups in total. The molecule has 0 radical (unpaired) electrons. The SMILES string of the molecule is CC(C)[C@H](NC(=O)CNC(=O)c1ccccc1C(F)(F)F)C(=O)O. The van der Waals surface area contributed by atoms with Crippen LogP contribution in [0.1, 0.15) is 29.8 Å². The van der Waals surface area contributed by atoms with Gasteiger partial charge in [-0.3, -0.25) is 9.59 Å². The Labute approximate surface area is 136 Å². The van der Waals surface area contributed by atoms with Gasteiger partial charge in [-0.1, -0.05) is 26.0 Å². The minimum Gasteiger partial charge on any atom is -0.480 e. The summed E-state index contributed by atoms with van der Waals surface area (Å²) >= 11 is 0. The number of hydrogen-bond acceptors (Lipinski definition) is 3. The van der Waals surface area contributed by atoms with Crippen molar-refractivity contribution in [1.82, 2.24) is 10.6 Å². The van der Waals surface area contributed by atoms with Gasteiger partial charge in [0.05, 0.1) is 17.7 Å². The lowest BCUT2D eigenvalue weighted by atomic mass is 10.0. The maximum Gasteiger partial charge on any atom is 0.417 e. The van der Waals surface area contributed by atoms with Crippen LogP contribution in [-0.2, 0) is 15.8 Å². The Kier molecular flexibility index (Phi) is 6.33. The van der Waals surface area contributed by atoms with Crippen LogP contribution >= 0.6 is 0 Å². The number of hydrogen-bond donors (Lipinski definition) is 3. The predicted molar refractivity (Wildman–Crippen MR) is 78.2 cm³/mol. The van der Waals surface area contributed by atoms with E-state index < -0.39 is 53.6 Å². The number of halogens is 3. The van der Waals surface area contributed by atoms with E-state index in [0.29, 0.717) is 0 Å². The molecule has 6 nitrogen and oxygen atoms in total. The minimum atomic E-state index is -4.71. The van der Waals surface area contributed by atoms with E-state index >= 15 is 0 Å². The summed E-state index contributed by atoms with van der Waals surface area (Å²) < 4.78 is 38.5. The van der Waals surface area contributed by atoms with Crippen LogP contribution in [0.25, 0.3) is 0 Å². The Balaban J connectivity index is 2.74. The number of carbonyl (C=O) groups is 3. The van der Waals surface area contributed by atoms with Gasteiger partial charge in [-0.25, -0.2) is 4.79 Å². The molecule has 0 saturated carbocycles. The average molecular weight is 346 g/mol. The lowest BCUT2D eigenvalue weighted by molar-refractivity contribution is -0.143. The molecule has 0 aliphatic heterocycles. The van der Waals surface area contributed by atoms with Crippen LogP contribution in [0.3, 0.4) is 0 Å². The maximum atomic E-state index is 12.8. The third kappa shape index (κ3) is 5.25. The van der Waals surface area contributed by atoms with E-state index in [9.17, 15) is 27.6 Å². The molecule has 0 aliphatic carbocycles. The molecule has 132 valence electrons. The van der Waals surface area contributed by atoms with Gasteiger partial charge in [0.2, 0.25) is 5.91 Å². The lowest BCUT2D eigenvalue weighted by Crippen LogP contribution is -2.48. The van der Waals surface area contributed by atoms with Crippen molar-refractivity contribution >= 4 is 17.8 Å². The Morgan fingerprint density at radius 1 is 1.17 bits per heavy atom. The summed E-state index contributed by atoms with van der Waals surface area (Å²) in [7, 11) is 0. The molecule has 0 bridgehead atoms. The molecule has 0 fully saturated rings. The first-order valence-corrected chi connectivity index (χ1v) is 7.00. The van der Waals surface area contributed by atoms with Crippen LogP contribution in [0, 0.1) is 5.92 Å². The largest absolute Gasteiger partial charge is 0.480 e. The summed E-state index contributed by atoms with van der Waals surface area (Å²) in [5, 5.41) is 13.2. The molecule has 0 spiro atoms. The van der Waals surface area contributed by atoms with Gasteiger partial charge in [-0.15, -0.1) is 0 Å². The van der Waals surface area contributed by atoms with Gasteiger partial charge in [0, 0.05) is 0 Å². The zero-order valence-electron chi connectivity index (χ0n) is 13.0. The Hall–Kier alpha value is -2.58. The number of carboxylic acid groups (broad SMARTS) is 1. The first-order chi connectivity index (χ1) is 11.0. The fourth-order valence-electron chi connectivity index (χ4n) is 1.92. The first-order valence-electron chi connectivity index (χ1n) is 7.00. The highest BCUT2D eigenvalue weighted by Crippen LogP contribution is 2.31. The van der Waals surface area contributed by atoms with Gasteiger partial charge in [0.25, 0.3) is 5.91 Å². The van der Waals surface area contributed by atoms with Crippen LogP contribution in [0.5, 0.6) is 0 Å². The van der Waals surface area contributed by atoms with Gasteiger partial charge < -0.3 is 15.7 Å². The van der Waals surface area contributed by atoms with Crippen molar-refractivity contribution < 1.29 is 32.7 Å². The molecule has 2 amide bonds. The number of alkyl halides is 3. The molecule has 1 atom stereocenters. The van der Waals surface area contributed by atoms with Crippen molar-refractivity contribution in [3.8, 4) is 0 Å². The zero-order chi connectivity index (χ0) is 18.5. The van der Waals surface area contributed by atoms with Crippen LogP contribution in [0.4, 0.5) is 13.2 Å². The second kappa shape index (κ2) is 7.80. The molecule has 0 unspecified atom stereocenters. The van der Waals surface area contributed by atoms with Gasteiger partial charge in [-0.05, 0) is 18.1 Å². The summed E-state index contributed by atoms with van der Waals surface area (Å²) in [4.78, 5) is 34.5. The topological polar surface area (TPSA) is 95.5 Å². The van der Waals surface area contributed by atoms with E-state index in [1.165, 1.54) is 6.07 Å². The van der Waals surface area contributed by atoms with Crippen LogP contribution < -0.4 is 10.6 Å². The molecule has 9 heteroatoms. The predicted octanol–water partition coefficient (Wildman–Crippen LogP) is 1.66. The van der Waals surface area contributed by atoms with E-state index in [2.05, 4.69) is 10.6 Å². The number of aliphatic carboxylic acids is 1. The average Bonchev–Trinajstić information content (AvgIpc) is 2.48. The third-order valence-electron chi connectivity index (χ3n) is 3.14. The molecule has 1 aromatic carbocycles. The van der Waals surface area contributed by atoms with Crippen molar-refractivity contribution in [2.24, 2.45) is 5.92 Å². The van der Waals surface area contributed by atoms with Crippen molar-refractivity contribution in [1.29, 1.82) is 0 Å². The summed E-state index contributed by atoms with van der Waals surface area (Å²) in [6.45, 7) is 2.52. The molecule has 1 rings (SSSR count). The second-order valence-corrected chi connectivity index (χ2v) is 5.35. The standard InChI is InChI=1S/C15H17F3N2O4/c1-8(2)12(14(23)24)20-11(21)7-19-13(22)9-5-3-4-6-10(9)15(16,17)18/h3-6,8,12H,7H2,1-2H3,(H,19,22)(H,20,21)(H,23,24)/t12-/m0/s1. The Morgan fingerprint density at radius 3 is 2.25 bits per heavy atom. The number of carbonyl (C=O) groups excluding carboxylic acids is 2. The van der Waals surface area contributed by atoms with Gasteiger partial charge in [-0.2, -0.15) is 13.2 Å². The third-order valence-corrected chi connectivity index (χ3v) is 3.14. The zero-order valence-corrected chi connectivity index (χ0v) is 13.0. The fraction of sp³-hybridized carbons (Fsp3) is 0.400. The molecular formula is C15H17F3N2O4.